The quantitative estimate of drug-likeness (QED) is 0.487. The van der Waals surface area contributed by atoms with Crippen LogP contribution in [0.2, 0.25) is 0 Å². The molecule has 0 fully saturated rings. The molecular weight excluding hydrogens is 340 g/mol. The molecule has 27 heavy (non-hydrogen) atoms. The van der Waals surface area contributed by atoms with Crippen molar-refractivity contribution in [2.45, 2.75) is 19.6 Å². The number of nitro groups is 1. The van der Waals surface area contributed by atoms with E-state index in [0.29, 0.717) is 24.6 Å². The van der Waals surface area contributed by atoms with Gasteiger partial charge < -0.3 is 9.64 Å². The van der Waals surface area contributed by atoms with E-state index in [2.05, 4.69) is 17.0 Å². The predicted molar refractivity (Wildman–Crippen MR) is 105 cm³/mol. The molecule has 0 unspecified atom stereocenters. The van der Waals surface area contributed by atoms with Crippen LogP contribution < -0.4 is 9.64 Å². The average molecular weight is 360 g/mol. The van der Waals surface area contributed by atoms with Crippen LogP contribution in [0.25, 0.3) is 0 Å². The van der Waals surface area contributed by atoms with Crippen LogP contribution in [0.4, 0.5) is 11.4 Å². The Morgan fingerprint density at radius 2 is 1.70 bits per heavy atom. The Balaban J connectivity index is 1.59. The van der Waals surface area contributed by atoms with E-state index in [9.17, 15) is 10.1 Å². The van der Waals surface area contributed by atoms with Gasteiger partial charge in [0.2, 0.25) is 0 Å². The minimum Gasteiger partial charge on any atom is -0.489 e. The van der Waals surface area contributed by atoms with E-state index in [1.165, 1.54) is 17.2 Å². The molecule has 0 amide bonds. The van der Waals surface area contributed by atoms with Gasteiger partial charge in [0.15, 0.2) is 0 Å². The van der Waals surface area contributed by atoms with Gasteiger partial charge in [0.05, 0.1) is 4.92 Å². The van der Waals surface area contributed by atoms with Crippen LogP contribution in [0.1, 0.15) is 16.7 Å². The second-order valence-corrected chi connectivity index (χ2v) is 6.62. The van der Waals surface area contributed by atoms with Gasteiger partial charge in [-0.3, -0.25) is 10.1 Å². The molecule has 136 valence electrons. The molecule has 3 aromatic carbocycles. The zero-order chi connectivity index (χ0) is 18.6. The molecule has 0 aromatic heterocycles. The van der Waals surface area contributed by atoms with Crippen molar-refractivity contribution in [3.8, 4) is 5.75 Å². The molecule has 1 aliphatic rings. The summed E-state index contributed by atoms with van der Waals surface area (Å²) in [6.07, 6.45) is 0.877. The number of hydrogen-bond acceptors (Lipinski definition) is 4. The Bertz CT molecular complexity index is 957. The maximum atomic E-state index is 11.5. The first kappa shape index (κ1) is 17.1. The lowest BCUT2D eigenvalue weighted by molar-refractivity contribution is -0.384. The second-order valence-electron chi connectivity index (χ2n) is 6.62. The first-order valence-corrected chi connectivity index (χ1v) is 8.97. The van der Waals surface area contributed by atoms with Crippen LogP contribution in [-0.4, -0.2) is 11.5 Å². The molecule has 0 saturated carbocycles. The van der Waals surface area contributed by atoms with E-state index in [1.807, 2.05) is 42.5 Å². The van der Waals surface area contributed by atoms with Gasteiger partial charge in [0.1, 0.15) is 18.0 Å². The minimum absolute atomic E-state index is 0.112. The van der Waals surface area contributed by atoms with Gasteiger partial charge in [0.25, 0.3) is 5.69 Å². The molecule has 1 aliphatic heterocycles. The number of nitrogens with zero attached hydrogens (tertiary/aromatic N) is 2. The summed E-state index contributed by atoms with van der Waals surface area (Å²) in [7, 11) is 0. The largest absolute Gasteiger partial charge is 0.489 e. The van der Waals surface area contributed by atoms with Crippen LogP contribution in [0, 0.1) is 10.1 Å². The standard InChI is InChI=1S/C22H20N2O3/c25-24(26)21-11-10-20(27-16-17-6-2-1-3-7-17)14-22(21)23-13-12-18-8-4-5-9-19(18)15-23/h1-11,14H,12-13,15-16H2. The van der Waals surface area contributed by atoms with E-state index < -0.39 is 0 Å². The summed E-state index contributed by atoms with van der Waals surface area (Å²) in [6.45, 7) is 1.85. The van der Waals surface area contributed by atoms with Crippen molar-refractivity contribution in [2.75, 3.05) is 11.4 Å². The van der Waals surface area contributed by atoms with Gasteiger partial charge in [-0.1, -0.05) is 54.6 Å². The van der Waals surface area contributed by atoms with Crippen molar-refractivity contribution in [1.29, 1.82) is 0 Å². The Hall–Kier alpha value is -3.34. The lowest BCUT2D eigenvalue weighted by atomic mass is 9.99. The molecule has 0 saturated heterocycles. The first-order chi connectivity index (χ1) is 13.2. The molecule has 5 heteroatoms. The second kappa shape index (κ2) is 7.50. The van der Waals surface area contributed by atoms with E-state index in [-0.39, 0.29) is 10.6 Å². The van der Waals surface area contributed by atoms with Gasteiger partial charge in [-0.25, -0.2) is 0 Å². The molecule has 0 bridgehead atoms. The summed E-state index contributed by atoms with van der Waals surface area (Å²) in [5, 5.41) is 11.5. The molecule has 0 spiro atoms. The van der Waals surface area contributed by atoms with Crippen LogP contribution in [0.15, 0.2) is 72.8 Å². The molecule has 0 atom stereocenters. The Morgan fingerprint density at radius 1 is 0.963 bits per heavy atom. The van der Waals surface area contributed by atoms with Gasteiger partial charge in [-0.15, -0.1) is 0 Å². The summed E-state index contributed by atoms with van der Waals surface area (Å²) in [4.78, 5) is 13.3. The van der Waals surface area contributed by atoms with Gasteiger partial charge >= 0.3 is 0 Å². The minimum atomic E-state index is -0.323. The average Bonchev–Trinajstić information content (AvgIpc) is 2.72. The van der Waals surface area contributed by atoms with E-state index in [4.69, 9.17) is 4.74 Å². The lowest BCUT2D eigenvalue weighted by Crippen LogP contribution is -2.30. The number of fused-ring (bicyclic) bond motifs is 1. The highest BCUT2D eigenvalue weighted by Crippen LogP contribution is 2.35. The van der Waals surface area contributed by atoms with Crippen molar-refractivity contribution in [3.63, 3.8) is 0 Å². The molecule has 1 heterocycles. The van der Waals surface area contributed by atoms with Crippen LogP contribution in [0.3, 0.4) is 0 Å². The third kappa shape index (κ3) is 3.77. The number of nitro benzene ring substituents is 1. The smallest absolute Gasteiger partial charge is 0.292 e. The Morgan fingerprint density at radius 3 is 2.48 bits per heavy atom. The van der Waals surface area contributed by atoms with Gasteiger partial charge in [-0.05, 0) is 29.2 Å². The fourth-order valence-corrected chi connectivity index (χ4v) is 3.44. The fourth-order valence-electron chi connectivity index (χ4n) is 3.44. The monoisotopic (exact) mass is 360 g/mol. The Kier molecular flexibility index (Phi) is 4.75. The highest BCUT2D eigenvalue weighted by atomic mass is 16.6. The SMILES string of the molecule is O=[N+]([O-])c1ccc(OCc2ccccc2)cc1N1CCc2ccccc2C1. The summed E-state index contributed by atoms with van der Waals surface area (Å²) in [6, 6.07) is 23.1. The van der Waals surface area contributed by atoms with Crippen molar-refractivity contribution >= 4 is 11.4 Å². The predicted octanol–water partition coefficient (Wildman–Crippen LogP) is 4.74. The van der Waals surface area contributed by atoms with E-state index in [1.54, 1.807) is 12.1 Å². The number of rotatable bonds is 5. The van der Waals surface area contributed by atoms with E-state index >= 15 is 0 Å². The first-order valence-electron chi connectivity index (χ1n) is 8.97. The fraction of sp³-hybridized carbons (Fsp3) is 0.182. The molecule has 0 radical (unpaired) electrons. The van der Waals surface area contributed by atoms with Crippen LogP contribution in [-0.2, 0) is 19.6 Å². The zero-order valence-electron chi connectivity index (χ0n) is 14.9. The van der Waals surface area contributed by atoms with Crippen molar-refractivity contribution in [3.05, 3.63) is 99.6 Å². The summed E-state index contributed by atoms with van der Waals surface area (Å²) >= 11 is 0. The normalized spacial score (nSPS) is 13.1. The summed E-state index contributed by atoms with van der Waals surface area (Å²) in [5.41, 5.74) is 4.31. The Labute approximate surface area is 158 Å². The van der Waals surface area contributed by atoms with Crippen LogP contribution >= 0.6 is 0 Å². The van der Waals surface area contributed by atoms with Gasteiger partial charge in [-0.2, -0.15) is 0 Å². The third-order valence-corrected chi connectivity index (χ3v) is 4.86. The molecular formula is C22H20N2O3. The summed E-state index contributed by atoms with van der Waals surface area (Å²) < 4.78 is 5.88. The summed E-state index contributed by atoms with van der Waals surface area (Å²) in [5.74, 6) is 0.637. The number of hydrogen-bond donors (Lipinski definition) is 0. The molecule has 4 rings (SSSR count). The number of ether oxygens (including phenoxy) is 1. The van der Waals surface area contributed by atoms with Crippen molar-refractivity contribution in [1.82, 2.24) is 0 Å². The molecule has 0 aliphatic carbocycles. The highest BCUT2D eigenvalue weighted by molar-refractivity contribution is 5.66. The van der Waals surface area contributed by atoms with Crippen LogP contribution in [0.5, 0.6) is 5.75 Å². The lowest BCUT2D eigenvalue weighted by Gasteiger charge is -2.30. The molecule has 3 aromatic rings. The highest BCUT2D eigenvalue weighted by Gasteiger charge is 2.24. The van der Waals surface area contributed by atoms with Crippen molar-refractivity contribution in [2.24, 2.45) is 0 Å². The molecule has 5 nitrogen and oxygen atoms in total. The third-order valence-electron chi connectivity index (χ3n) is 4.86. The maximum Gasteiger partial charge on any atom is 0.292 e. The topological polar surface area (TPSA) is 55.6 Å². The van der Waals surface area contributed by atoms with E-state index in [0.717, 1.165) is 18.5 Å². The maximum absolute atomic E-state index is 11.5. The van der Waals surface area contributed by atoms with Crippen molar-refractivity contribution < 1.29 is 9.66 Å². The number of anilines is 1. The molecule has 0 N–H and O–H groups in total. The number of benzene rings is 3. The zero-order valence-corrected chi connectivity index (χ0v) is 14.9. The van der Waals surface area contributed by atoms with Gasteiger partial charge in [0, 0.05) is 25.2 Å².